The molecule has 0 radical (unpaired) electrons. The monoisotopic (exact) mass is 321 g/mol. The molecule has 0 aliphatic heterocycles. The van der Waals surface area contributed by atoms with Crippen LogP contribution in [0.15, 0.2) is 18.2 Å². The number of aliphatic hydroxyl groups is 1. The number of hydrogen-bond donors (Lipinski definition) is 2. The SMILES string of the molecule is COc1cc(C(O)C(F)(F)F)ccc1NC(=O)OC(C)(C)C. The van der Waals surface area contributed by atoms with Gasteiger partial charge in [-0.25, -0.2) is 4.79 Å². The van der Waals surface area contributed by atoms with E-state index in [4.69, 9.17) is 9.47 Å². The predicted octanol–water partition coefficient (Wildman–Crippen LogP) is 3.64. The van der Waals surface area contributed by atoms with E-state index >= 15 is 0 Å². The normalized spacial score (nSPS) is 13.5. The molecule has 0 fully saturated rings. The van der Waals surface area contributed by atoms with E-state index in [0.29, 0.717) is 0 Å². The fourth-order valence-electron chi connectivity index (χ4n) is 1.58. The molecule has 0 aliphatic rings. The fraction of sp³-hybridized carbons (Fsp3) is 0.500. The fourth-order valence-corrected chi connectivity index (χ4v) is 1.58. The van der Waals surface area contributed by atoms with Crippen LogP contribution in [0, 0.1) is 0 Å². The molecule has 0 spiro atoms. The summed E-state index contributed by atoms with van der Waals surface area (Å²) in [6.07, 6.45) is -8.18. The lowest BCUT2D eigenvalue weighted by atomic mass is 10.1. The molecule has 0 saturated heterocycles. The Labute approximate surface area is 126 Å². The number of methoxy groups -OCH3 is 1. The summed E-state index contributed by atoms with van der Waals surface area (Å²) in [4.78, 5) is 11.7. The Morgan fingerprint density at radius 2 is 1.86 bits per heavy atom. The summed E-state index contributed by atoms with van der Waals surface area (Å²) >= 11 is 0. The van der Waals surface area contributed by atoms with E-state index in [2.05, 4.69) is 5.32 Å². The summed E-state index contributed by atoms with van der Waals surface area (Å²) in [6.45, 7) is 5.02. The van der Waals surface area contributed by atoms with Crippen molar-refractivity contribution < 1.29 is 32.5 Å². The third-order valence-electron chi connectivity index (χ3n) is 2.49. The number of benzene rings is 1. The lowest BCUT2D eigenvalue weighted by Crippen LogP contribution is -2.27. The van der Waals surface area contributed by atoms with E-state index in [1.54, 1.807) is 20.8 Å². The lowest BCUT2D eigenvalue weighted by Gasteiger charge is -2.21. The second-order valence-electron chi connectivity index (χ2n) is 5.53. The Morgan fingerprint density at radius 1 is 1.27 bits per heavy atom. The maximum absolute atomic E-state index is 12.5. The molecule has 0 saturated carbocycles. The van der Waals surface area contributed by atoms with Gasteiger partial charge >= 0.3 is 12.3 Å². The quantitative estimate of drug-likeness (QED) is 0.892. The first-order valence-corrected chi connectivity index (χ1v) is 6.37. The van der Waals surface area contributed by atoms with Gasteiger partial charge in [-0.1, -0.05) is 6.07 Å². The van der Waals surface area contributed by atoms with E-state index in [-0.39, 0.29) is 17.0 Å². The number of hydrogen-bond acceptors (Lipinski definition) is 4. The average Bonchev–Trinajstić information content (AvgIpc) is 2.35. The Bertz CT molecular complexity index is 538. The minimum atomic E-state index is -4.79. The Balaban J connectivity index is 2.97. The third-order valence-corrected chi connectivity index (χ3v) is 2.49. The molecule has 124 valence electrons. The van der Waals surface area contributed by atoms with Crippen LogP contribution in [0.1, 0.15) is 32.4 Å². The Kier molecular flexibility index (Phi) is 5.29. The largest absolute Gasteiger partial charge is 0.495 e. The maximum Gasteiger partial charge on any atom is 0.418 e. The number of anilines is 1. The minimum absolute atomic E-state index is 0.0216. The van der Waals surface area contributed by atoms with E-state index < -0.39 is 24.0 Å². The van der Waals surface area contributed by atoms with E-state index in [9.17, 15) is 23.1 Å². The third kappa shape index (κ3) is 5.10. The molecule has 8 heteroatoms. The van der Waals surface area contributed by atoms with Crippen molar-refractivity contribution in [3.05, 3.63) is 23.8 Å². The van der Waals surface area contributed by atoms with Crippen molar-refractivity contribution in [2.75, 3.05) is 12.4 Å². The first kappa shape index (κ1) is 18.1. The van der Waals surface area contributed by atoms with Gasteiger partial charge in [-0.3, -0.25) is 5.32 Å². The zero-order valence-corrected chi connectivity index (χ0v) is 12.6. The van der Waals surface area contributed by atoms with E-state index in [1.165, 1.54) is 13.2 Å². The maximum atomic E-state index is 12.5. The van der Waals surface area contributed by atoms with Gasteiger partial charge in [-0.15, -0.1) is 0 Å². The smallest absolute Gasteiger partial charge is 0.418 e. The summed E-state index contributed by atoms with van der Waals surface area (Å²) in [5, 5.41) is 11.6. The van der Waals surface area contributed by atoms with E-state index in [0.717, 1.165) is 12.1 Å². The lowest BCUT2D eigenvalue weighted by molar-refractivity contribution is -0.206. The van der Waals surface area contributed by atoms with Crippen LogP contribution in [0.4, 0.5) is 23.7 Å². The van der Waals surface area contributed by atoms with Crippen molar-refractivity contribution in [1.82, 2.24) is 0 Å². The van der Waals surface area contributed by atoms with Crippen LogP contribution >= 0.6 is 0 Å². The zero-order valence-electron chi connectivity index (χ0n) is 12.6. The number of ether oxygens (including phenoxy) is 2. The van der Waals surface area contributed by atoms with Crippen LogP contribution < -0.4 is 10.1 Å². The molecule has 0 heterocycles. The molecular weight excluding hydrogens is 303 g/mol. The average molecular weight is 321 g/mol. The highest BCUT2D eigenvalue weighted by Gasteiger charge is 2.39. The van der Waals surface area contributed by atoms with Crippen molar-refractivity contribution in [3.63, 3.8) is 0 Å². The summed E-state index contributed by atoms with van der Waals surface area (Å²) < 4.78 is 47.4. The van der Waals surface area contributed by atoms with Crippen LogP contribution in [0.2, 0.25) is 0 Å². The molecule has 2 N–H and O–H groups in total. The van der Waals surface area contributed by atoms with Crippen LogP contribution in [-0.2, 0) is 4.74 Å². The van der Waals surface area contributed by atoms with Crippen LogP contribution in [-0.4, -0.2) is 30.1 Å². The summed E-state index contributed by atoms with van der Waals surface area (Å²) in [5.74, 6) is -0.0216. The van der Waals surface area contributed by atoms with Gasteiger partial charge in [-0.2, -0.15) is 13.2 Å². The van der Waals surface area contributed by atoms with E-state index in [1.807, 2.05) is 0 Å². The van der Waals surface area contributed by atoms with Crippen molar-refractivity contribution in [1.29, 1.82) is 0 Å². The highest BCUT2D eigenvalue weighted by atomic mass is 19.4. The predicted molar refractivity (Wildman–Crippen MR) is 73.9 cm³/mol. The molecule has 22 heavy (non-hydrogen) atoms. The first-order chi connectivity index (χ1) is 9.94. The van der Waals surface area contributed by atoms with Gasteiger partial charge < -0.3 is 14.6 Å². The standard InChI is InChI=1S/C14H18F3NO4/c1-13(2,3)22-12(20)18-9-6-5-8(7-10(9)21-4)11(19)14(15,16)17/h5-7,11,19H,1-4H3,(H,18,20). The number of carbonyl (C=O) groups excluding carboxylic acids is 1. The Morgan fingerprint density at radius 3 is 2.32 bits per heavy atom. The second kappa shape index (κ2) is 6.43. The van der Waals surface area contributed by atoms with Gasteiger partial charge in [0.15, 0.2) is 6.10 Å². The zero-order chi connectivity index (χ0) is 17.1. The molecule has 1 amide bonds. The molecule has 1 aromatic carbocycles. The van der Waals surface area contributed by atoms with Gasteiger partial charge in [0, 0.05) is 0 Å². The molecule has 0 aliphatic carbocycles. The van der Waals surface area contributed by atoms with Crippen molar-refractivity contribution >= 4 is 11.8 Å². The summed E-state index contributed by atoms with van der Waals surface area (Å²) in [6, 6.07) is 3.26. The molecule has 1 rings (SSSR count). The van der Waals surface area contributed by atoms with Gasteiger partial charge in [0.25, 0.3) is 0 Å². The summed E-state index contributed by atoms with van der Waals surface area (Å²) in [7, 11) is 1.24. The van der Waals surface area contributed by atoms with Gasteiger partial charge in [-0.05, 0) is 38.5 Å². The highest BCUT2D eigenvalue weighted by Crippen LogP contribution is 2.36. The van der Waals surface area contributed by atoms with Crippen LogP contribution in [0.3, 0.4) is 0 Å². The molecule has 0 bridgehead atoms. The van der Waals surface area contributed by atoms with Gasteiger partial charge in [0.1, 0.15) is 11.4 Å². The molecule has 1 atom stereocenters. The van der Waals surface area contributed by atoms with Crippen LogP contribution in [0.5, 0.6) is 5.75 Å². The molecule has 1 aromatic rings. The number of alkyl halides is 3. The number of rotatable bonds is 3. The minimum Gasteiger partial charge on any atom is -0.495 e. The van der Waals surface area contributed by atoms with Crippen molar-refractivity contribution in [2.45, 2.75) is 38.7 Å². The number of carbonyl (C=O) groups is 1. The first-order valence-electron chi connectivity index (χ1n) is 6.37. The molecular formula is C14H18F3NO4. The molecule has 0 aromatic heterocycles. The van der Waals surface area contributed by atoms with Crippen molar-refractivity contribution in [3.8, 4) is 5.75 Å². The second-order valence-corrected chi connectivity index (χ2v) is 5.53. The number of aliphatic hydroxyl groups excluding tert-OH is 1. The molecule has 1 unspecified atom stereocenters. The topological polar surface area (TPSA) is 67.8 Å². The number of nitrogens with one attached hydrogen (secondary N) is 1. The number of halogens is 3. The molecule has 5 nitrogen and oxygen atoms in total. The van der Waals surface area contributed by atoms with Crippen LogP contribution in [0.25, 0.3) is 0 Å². The highest BCUT2D eigenvalue weighted by molar-refractivity contribution is 5.87. The number of amides is 1. The summed E-state index contributed by atoms with van der Waals surface area (Å²) in [5.41, 5.74) is -0.974. The Hall–Kier alpha value is -1.96. The van der Waals surface area contributed by atoms with Crippen molar-refractivity contribution in [2.24, 2.45) is 0 Å². The van der Waals surface area contributed by atoms with Gasteiger partial charge in [0.05, 0.1) is 12.8 Å². The van der Waals surface area contributed by atoms with Gasteiger partial charge in [0.2, 0.25) is 0 Å².